The molecular formula is C11H9NO5. The number of furan rings is 1. The molecule has 2 rings (SSSR count). The van der Waals surface area contributed by atoms with E-state index in [1.54, 1.807) is 13.0 Å². The van der Waals surface area contributed by atoms with Crippen molar-refractivity contribution in [2.24, 2.45) is 0 Å². The Kier molecular flexibility index (Phi) is 2.55. The van der Waals surface area contributed by atoms with Crippen LogP contribution < -0.4 is 0 Å². The van der Waals surface area contributed by atoms with Gasteiger partial charge in [-0.2, -0.15) is 0 Å². The first-order chi connectivity index (χ1) is 8.02. The van der Waals surface area contributed by atoms with Gasteiger partial charge in [0, 0.05) is 11.5 Å². The SMILES string of the molecule is COC(=O)c1cc([N+](=O)[O-])c2oc(C)cc2c1. The van der Waals surface area contributed by atoms with Crippen molar-refractivity contribution >= 4 is 22.6 Å². The Morgan fingerprint density at radius 3 is 2.71 bits per heavy atom. The predicted octanol–water partition coefficient (Wildman–Crippen LogP) is 2.44. The molecule has 88 valence electrons. The number of ether oxygens (including phenoxy) is 1. The molecule has 6 heteroatoms. The molecule has 0 unspecified atom stereocenters. The molecule has 0 fully saturated rings. The van der Waals surface area contributed by atoms with Gasteiger partial charge in [-0.25, -0.2) is 4.79 Å². The Labute approximate surface area is 95.9 Å². The van der Waals surface area contributed by atoms with Gasteiger partial charge >= 0.3 is 11.7 Å². The summed E-state index contributed by atoms with van der Waals surface area (Å²) in [6.07, 6.45) is 0. The fourth-order valence-electron chi connectivity index (χ4n) is 1.63. The normalized spacial score (nSPS) is 10.5. The number of methoxy groups -OCH3 is 1. The Balaban J connectivity index is 2.75. The Hall–Kier alpha value is -2.37. The first kappa shape index (κ1) is 11.1. The summed E-state index contributed by atoms with van der Waals surface area (Å²) in [5.41, 5.74) is 0.0589. The van der Waals surface area contributed by atoms with Crippen LogP contribution in [0.3, 0.4) is 0 Å². The van der Waals surface area contributed by atoms with Crippen LogP contribution in [0.15, 0.2) is 22.6 Å². The van der Waals surface area contributed by atoms with E-state index in [0.29, 0.717) is 11.1 Å². The molecule has 1 aromatic carbocycles. The van der Waals surface area contributed by atoms with Crippen molar-refractivity contribution in [2.75, 3.05) is 7.11 Å². The molecule has 0 aliphatic rings. The molecule has 0 aliphatic carbocycles. The number of nitro benzene ring substituents is 1. The standard InChI is InChI=1S/C11H9NO5/c1-6-3-7-4-8(11(13)16-2)5-9(12(14)15)10(7)17-6/h3-5H,1-2H3. The molecule has 0 bridgehead atoms. The second kappa shape index (κ2) is 3.89. The monoisotopic (exact) mass is 235 g/mol. The number of carbonyl (C=O) groups is 1. The molecule has 0 radical (unpaired) electrons. The van der Waals surface area contributed by atoms with Crippen molar-refractivity contribution in [1.29, 1.82) is 0 Å². The van der Waals surface area contributed by atoms with Crippen LogP contribution in [0.2, 0.25) is 0 Å². The van der Waals surface area contributed by atoms with Crippen LogP contribution in [0.4, 0.5) is 5.69 Å². The van der Waals surface area contributed by atoms with E-state index in [-0.39, 0.29) is 16.8 Å². The number of carbonyl (C=O) groups excluding carboxylic acids is 1. The lowest BCUT2D eigenvalue weighted by Gasteiger charge is -1.99. The number of hydrogen-bond acceptors (Lipinski definition) is 5. The molecule has 0 saturated carbocycles. The first-order valence-electron chi connectivity index (χ1n) is 4.80. The van der Waals surface area contributed by atoms with Crippen molar-refractivity contribution in [3.05, 3.63) is 39.6 Å². The second-order valence-corrected chi connectivity index (χ2v) is 3.52. The third-order valence-corrected chi connectivity index (χ3v) is 2.34. The van der Waals surface area contributed by atoms with E-state index in [1.165, 1.54) is 13.2 Å². The van der Waals surface area contributed by atoms with Gasteiger partial charge in [-0.1, -0.05) is 0 Å². The summed E-state index contributed by atoms with van der Waals surface area (Å²) in [6.45, 7) is 1.68. The number of fused-ring (bicyclic) bond motifs is 1. The summed E-state index contributed by atoms with van der Waals surface area (Å²) >= 11 is 0. The lowest BCUT2D eigenvalue weighted by Crippen LogP contribution is -2.02. The van der Waals surface area contributed by atoms with E-state index in [4.69, 9.17) is 4.42 Å². The molecule has 17 heavy (non-hydrogen) atoms. The van der Waals surface area contributed by atoms with Crippen molar-refractivity contribution in [1.82, 2.24) is 0 Å². The minimum absolute atomic E-state index is 0.132. The highest BCUT2D eigenvalue weighted by Gasteiger charge is 2.20. The zero-order valence-corrected chi connectivity index (χ0v) is 9.22. The van der Waals surface area contributed by atoms with Crippen LogP contribution in [0, 0.1) is 17.0 Å². The molecule has 0 aliphatic heterocycles. The minimum Gasteiger partial charge on any atom is -0.465 e. The quantitative estimate of drug-likeness (QED) is 0.453. The molecule has 2 aromatic rings. The molecule has 0 N–H and O–H groups in total. The zero-order valence-electron chi connectivity index (χ0n) is 9.22. The number of benzene rings is 1. The number of rotatable bonds is 2. The lowest BCUT2D eigenvalue weighted by atomic mass is 10.1. The van der Waals surface area contributed by atoms with Gasteiger partial charge in [0.25, 0.3) is 0 Å². The Morgan fingerprint density at radius 2 is 2.12 bits per heavy atom. The smallest absolute Gasteiger partial charge is 0.338 e. The van der Waals surface area contributed by atoms with Crippen LogP contribution in [-0.4, -0.2) is 18.0 Å². The highest BCUT2D eigenvalue weighted by Crippen LogP contribution is 2.30. The molecule has 0 saturated heterocycles. The van der Waals surface area contributed by atoms with Crippen LogP contribution in [0.25, 0.3) is 11.0 Å². The number of hydrogen-bond donors (Lipinski definition) is 0. The maximum Gasteiger partial charge on any atom is 0.338 e. The third kappa shape index (κ3) is 1.84. The van der Waals surface area contributed by atoms with Crippen molar-refractivity contribution in [2.45, 2.75) is 6.92 Å². The van der Waals surface area contributed by atoms with Gasteiger partial charge in [0.05, 0.1) is 17.6 Å². The van der Waals surface area contributed by atoms with Crippen molar-refractivity contribution in [3.63, 3.8) is 0 Å². The maximum absolute atomic E-state index is 11.4. The number of non-ortho nitro benzene ring substituents is 1. The molecule has 0 atom stereocenters. The number of nitrogens with zero attached hydrogens (tertiary/aromatic N) is 1. The van der Waals surface area contributed by atoms with Gasteiger partial charge < -0.3 is 9.15 Å². The van der Waals surface area contributed by atoms with Crippen LogP contribution >= 0.6 is 0 Å². The van der Waals surface area contributed by atoms with Gasteiger partial charge in [0.1, 0.15) is 5.76 Å². The average Bonchev–Trinajstić information content (AvgIpc) is 2.66. The lowest BCUT2D eigenvalue weighted by molar-refractivity contribution is -0.383. The zero-order chi connectivity index (χ0) is 12.6. The van der Waals surface area contributed by atoms with E-state index in [0.717, 1.165) is 6.07 Å². The van der Waals surface area contributed by atoms with E-state index in [2.05, 4.69) is 4.74 Å². The topological polar surface area (TPSA) is 82.6 Å². The van der Waals surface area contributed by atoms with Crippen molar-refractivity contribution in [3.8, 4) is 0 Å². The number of nitro groups is 1. The largest absolute Gasteiger partial charge is 0.465 e. The Morgan fingerprint density at radius 1 is 1.41 bits per heavy atom. The van der Waals surface area contributed by atoms with Crippen LogP contribution in [0.5, 0.6) is 0 Å². The molecule has 1 aromatic heterocycles. The first-order valence-corrected chi connectivity index (χ1v) is 4.80. The van der Waals surface area contributed by atoms with E-state index in [9.17, 15) is 14.9 Å². The van der Waals surface area contributed by atoms with Gasteiger partial charge in [0.15, 0.2) is 0 Å². The molecule has 0 amide bonds. The van der Waals surface area contributed by atoms with E-state index in [1.807, 2.05) is 0 Å². The minimum atomic E-state index is -0.617. The second-order valence-electron chi connectivity index (χ2n) is 3.52. The highest BCUT2D eigenvalue weighted by molar-refractivity contribution is 5.97. The molecule has 1 heterocycles. The summed E-state index contributed by atoms with van der Waals surface area (Å²) in [7, 11) is 1.22. The van der Waals surface area contributed by atoms with E-state index < -0.39 is 10.9 Å². The summed E-state index contributed by atoms with van der Waals surface area (Å²) in [5, 5.41) is 11.4. The van der Waals surface area contributed by atoms with E-state index >= 15 is 0 Å². The molecule has 0 spiro atoms. The van der Waals surface area contributed by atoms with Crippen LogP contribution in [0.1, 0.15) is 16.1 Å². The van der Waals surface area contributed by atoms with Gasteiger partial charge in [-0.3, -0.25) is 10.1 Å². The molecule has 6 nitrogen and oxygen atoms in total. The van der Waals surface area contributed by atoms with Gasteiger partial charge in [-0.05, 0) is 19.1 Å². The fraction of sp³-hybridized carbons (Fsp3) is 0.182. The number of esters is 1. The Bertz CT molecular complexity index is 614. The average molecular weight is 235 g/mol. The highest BCUT2D eigenvalue weighted by atomic mass is 16.6. The fourth-order valence-corrected chi connectivity index (χ4v) is 1.63. The maximum atomic E-state index is 11.4. The van der Waals surface area contributed by atoms with Crippen LogP contribution in [-0.2, 0) is 4.74 Å². The summed E-state index contributed by atoms with van der Waals surface area (Å²) in [4.78, 5) is 21.7. The summed E-state index contributed by atoms with van der Waals surface area (Å²) < 4.78 is 9.77. The van der Waals surface area contributed by atoms with Gasteiger partial charge in [0.2, 0.25) is 5.58 Å². The third-order valence-electron chi connectivity index (χ3n) is 2.34. The van der Waals surface area contributed by atoms with Gasteiger partial charge in [-0.15, -0.1) is 0 Å². The number of aryl methyl sites for hydroxylation is 1. The molecular weight excluding hydrogens is 226 g/mol. The van der Waals surface area contributed by atoms with Crippen molar-refractivity contribution < 1.29 is 18.9 Å². The summed E-state index contributed by atoms with van der Waals surface area (Å²) in [5.74, 6) is -0.0704. The predicted molar refractivity (Wildman–Crippen MR) is 58.9 cm³/mol. The summed E-state index contributed by atoms with van der Waals surface area (Å²) in [6, 6.07) is 4.29.